The molecule has 0 aliphatic carbocycles. The topological polar surface area (TPSA) is 49.6 Å². The van der Waals surface area contributed by atoms with Crippen LogP contribution in [0.3, 0.4) is 0 Å². The number of carbonyl (C=O) groups is 1. The van der Waals surface area contributed by atoms with Crippen molar-refractivity contribution in [3.8, 4) is 0 Å². The molecule has 4 nitrogen and oxygen atoms in total. The number of benzene rings is 1. The molecule has 1 aliphatic rings. The lowest BCUT2D eigenvalue weighted by molar-refractivity contribution is -0.131. The molecule has 0 aromatic heterocycles. The maximum absolute atomic E-state index is 12.0. The van der Waals surface area contributed by atoms with Gasteiger partial charge >= 0.3 is 0 Å². The summed E-state index contributed by atoms with van der Waals surface area (Å²) in [6.07, 6.45) is 2.24. The van der Waals surface area contributed by atoms with Gasteiger partial charge in [0.25, 0.3) is 0 Å². The molecular formula is C14H20ClN3O. The summed E-state index contributed by atoms with van der Waals surface area (Å²) in [6, 6.07) is 5.48. The molecule has 1 amide bonds. The number of likely N-dealkylation sites (tertiary alicyclic amines) is 1. The molecule has 1 heterocycles. The summed E-state index contributed by atoms with van der Waals surface area (Å²) in [5.74, 6) is 0.186. The van der Waals surface area contributed by atoms with E-state index in [2.05, 4.69) is 0 Å². The van der Waals surface area contributed by atoms with Gasteiger partial charge in [0, 0.05) is 35.9 Å². The fourth-order valence-corrected chi connectivity index (χ4v) is 2.61. The van der Waals surface area contributed by atoms with Crippen molar-refractivity contribution in [1.29, 1.82) is 0 Å². The van der Waals surface area contributed by atoms with Crippen molar-refractivity contribution in [3.05, 3.63) is 28.8 Å². The molecule has 0 spiro atoms. The molecule has 1 saturated heterocycles. The van der Waals surface area contributed by atoms with E-state index in [1.807, 2.05) is 35.0 Å². The molecule has 1 aromatic rings. The standard InChI is InChI=1S/C14H20ClN3O/c1-17(10-14(19)18-7-2-3-8-18)9-11-12(15)5-4-6-13(11)16/h4-6H,2-3,7-10,16H2,1H3. The first-order valence-corrected chi connectivity index (χ1v) is 6.95. The number of hydrogen-bond acceptors (Lipinski definition) is 3. The molecule has 1 aromatic carbocycles. The first-order chi connectivity index (χ1) is 9.08. The van der Waals surface area contributed by atoms with Gasteiger partial charge in [0.2, 0.25) is 5.91 Å². The highest BCUT2D eigenvalue weighted by atomic mass is 35.5. The molecule has 0 saturated carbocycles. The van der Waals surface area contributed by atoms with Gasteiger partial charge in [-0.1, -0.05) is 17.7 Å². The van der Waals surface area contributed by atoms with E-state index in [0.29, 0.717) is 23.8 Å². The lowest BCUT2D eigenvalue weighted by Gasteiger charge is -2.22. The number of nitrogens with two attached hydrogens (primary N) is 1. The predicted octanol–water partition coefficient (Wildman–Crippen LogP) is 1.98. The number of rotatable bonds is 4. The summed E-state index contributed by atoms with van der Waals surface area (Å²) in [5, 5.41) is 0.653. The van der Waals surface area contributed by atoms with Crippen molar-refractivity contribution < 1.29 is 4.79 Å². The van der Waals surface area contributed by atoms with Crippen LogP contribution >= 0.6 is 11.6 Å². The number of nitrogen functional groups attached to an aromatic ring is 1. The zero-order valence-electron chi connectivity index (χ0n) is 11.2. The second kappa shape index (κ2) is 6.26. The quantitative estimate of drug-likeness (QED) is 0.859. The number of hydrogen-bond donors (Lipinski definition) is 1. The minimum absolute atomic E-state index is 0.186. The minimum Gasteiger partial charge on any atom is -0.398 e. The third-order valence-corrected chi connectivity index (χ3v) is 3.80. The molecule has 1 aliphatic heterocycles. The van der Waals surface area contributed by atoms with E-state index in [1.54, 1.807) is 0 Å². The molecule has 0 unspecified atom stereocenters. The van der Waals surface area contributed by atoms with E-state index in [9.17, 15) is 4.79 Å². The first kappa shape index (κ1) is 14.2. The molecule has 1 fully saturated rings. The van der Waals surface area contributed by atoms with Crippen LogP contribution in [0, 0.1) is 0 Å². The summed E-state index contributed by atoms with van der Waals surface area (Å²) in [6.45, 7) is 2.78. The van der Waals surface area contributed by atoms with Crippen LogP contribution < -0.4 is 5.73 Å². The second-order valence-corrected chi connectivity index (χ2v) is 5.47. The number of anilines is 1. The van der Waals surface area contributed by atoms with Crippen LogP contribution in [0.1, 0.15) is 18.4 Å². The average molecular weight is 282 g/mol. The Hall–Kier alpha value is -1.26. The Morgan fingerprint density at radius 3 is 2.74 bits per heavy atom. The Bertz CT molecular complexity index is 438. The van der Waals surface area contributed by atoms with Crippen molar-refractivity contribution in [1.82, 2.24) is 9.80 Å². The number of amides is 1. The van der Waals surface area contributed by atoms with E-state index < -0.39 is 0 Å². The van der Waals surface area contributed by atoms with Gasteiger partial charge in [-0.3, -0.25) is 9.69 Å². The van der Waals surface area contributed by atoms with E-state index in [-0.39, 0.29) is 5.91 Å². The number of nitrogens with zero attached hydrogens (tertiary/aromatic N) is 2. The molecule has 2 rings (SSSR count). The second-order valence-electron chi connectivity index (χ2n) is 5.07. The van der Waals surface area contributed by atoms with Gasteiger partial charge in [-0.25, -0.2) is 0 Å². The average Bonchev–Trinajstić information content (AvgIpc) is 2.88. The fourth-order valence-electron chi connectivity index (χ4n) is 2.37. The van der Waals surface area contributed by atoms with Gasteiger partial charge < -0.3 is 10.6 Å². The summed E-state index contributed by atoms with van der Waals surface area (Å²) < 4.78 is 0. The molecular weight excluding hydrogens is 262 g/mol. The van der Waals surface area contributed by atoms with Crippen molar-refractivity contribution in [2.24, 2.45) is 0 Å². The van der Waals surface area contributed by atoms with Gasteiger partial charge in [-0.15, -0.1) is 0 Å². The van der Waals surface area contributed by atoms with E-state index >= 15 is 0 Å². The van der Waals surface area contributed by atoms with Gasteiger partial charge in [0.05, 0.1) is 6.54 Å². The zero-order valence-corrected chi connectivity index (χ0v) is 12.0. The third kappa shape index (κ3) is 3.61. The summed E-state index contributed by atoms with van der Waals surface area (Å²) in [5.41, 5.74) is 7.48. The monoisotopic (exact) mass is 281 g/mol. The highest BCUT2D eigenvalue weighted by Crippen LogP contribution is 2.23. The van der Waals surface area contributed by atoms with Crippen LogP contribution in [-0.4, -0.2) is 42.4 Å². The Balaban J connectivity index is 1.93. The van der Waals surface area contributed by atoms with Gasteiger partial charge in [0.1, 0.15) is 0 Å². The highest BCUT2D eigenvalue weighted by Gasteiger charge is 2.19. The van der Waals surface area contributed by atoms with E-state index in [1.165, 1.54) is 0 Å². The number of likely N-dealkylation sites (N-methyl/N-ethyl adjacent to an activating group) is 1. The lowest BCUT2D eigenvalue weighted by Crippen LogP contribution is -2.37. The minimum atomic E-state index is 0.186. The maximum atomic E-state index is 12.0. The largest absolute Gasteiger partial charge is 0.398 e. The smallest absolute Gasteiger partial charge is 0.236 e. The van der Waals surface area contributed by atoms with Gasteiger partial charge in [-0.05, 0) is 32.0 Å². The molecule has 19 heavy (non-hydrogen) atoms. The Morgan fingerprint density at radius 1 is 1.42 bits per heavy atom. The summed E-state index contributed by atoms with van der Waals surface area (Å²) >= 11 is 6.14. The molecule has 5 heteroatoms. The van der Waals surface area contributed by atoms with E-state index in [4.69, 9.17) is 17.3 Å². The highest BCUT2D eigenvalue weighted by molar-refractivity contribution is 6.31. The molecule has 0 bridgehead atoms. The van der Waals surface area contributed by atoms with Crippen LogP contribution in [0.2, 0.25) is 5.02 Å². The van der Waals surface area contributed by atoms with Gasteiger partial charge in [-0.2, -0.15) is 0 Å². The Morgan fingerprint density at radius 2 is 2.11 bits per heavy atom. The SMILES string of the molecule is CN(CC(=O)N1CCCC1)Cc1c(N)cccc1Cl. The van der Waals surface area contributed by atoms with Crippen LogP contribution in [0.25, 0.3) is 0 Å². The number of halogens is 1. The van der Waals surface area contributed by atoms with Crippen LogP contribution in [0.15, 0.2) is 18.2 Å². The maximum Gasteiger partial charge on any atom is 0.236 e. The van der Waals surface area contributed by atoms with Gasteiger partial charge in [0.15, 0.2) is 0 Å². The van der Waals surface area contributed by atoms with Crippen LogP contribution in [0.5, 0.6) is 0 Å². The Kier molecular flexibility index (Phi) is 4.66. The van der Waals surface area contributed by atoms with Crippen molar-refractivity contribution in [3.63, 3.8) is 0 Å². The first-order valence-electron chi connectivity index (χ1n) is 6.57. The predicted molar refractivity (Wildman–Crippen MR) is 78.0 cm³/mol. The van der Waals surface area contributed by atoms with Crippen molar-refractivity contribution in [2.75, 3.05) is 32.4 Å². The third-order valence-electron chi connectivity index (χ3n) is 3.45. The Labute approximate surface area is 119 Å². The fraction of sp³-hybridized carbons (Fsp3) is 0.500. The molecule has 0 radical (unpaired) electrons. The summed E-state index contributed by atoms with van der Waals surface area (Å²) in [4.78, 5) is 15.9. The molecule has 104 valence electrons. The van der Waals surface area contributed by atoms with Crippen LogP contribution in [-0.2, 0) is 11.3 Å². The number of carbonyl (C=O) groups excluding carboxylic acids is 1. The molecule has 0 atom stereocenters. The normalized spacial score (nSPS) is 15.2. The molecule has 2 N–H and O–H groups in total. The van der Waals surface area contributed by atoms with Crippen molar-refractivity contribution in [2.45, 2.75) is 19.4 Å². The van der Waals surface area contributed by atoms with Crippen molar-refractivity contribution >= 4 is 23.2 Å². The summed E-state index contributed by atoms with van der Waals surface area (Å²) in [7, 11) is 1.91. The zero-order chi connectivity index (χ0) is 13.8. The van der Waals surface area contributed by atoms with Crippen LogP contribution in [0.4, 0.5) is 5.69 Å². The van der Waals surface area contributed by atoms with E-state index in [0.717, 1.165) is 31.5 Å². The lowest BCUT2D eigenvalue weighted by atomic mass is 10.1.